The van der Waals surface area contributed by atoms with E-state index in [0.29, 0.717) is 34.2 Å². The maximum absolute atomic E-state index is 14.1. The van der Waals surface area contributed by atoms with Gasteiger partial charge < -0.3 is 5.32 Å². The number of hydrogen-bond acceptors (Lipinski definition) is 2. The van der Waals surface area contributed by atoms with Gasteiger partial charge in [-0.1, -0.05) is 36.7 Å². The second-order valence-corrected chi connectivity index (χ2v) is 5.98. The first kappa shape index (κ1) is 17.2. The van der Waals surface area contributed by atoms with Gasteiger partial charge in [-0.3, -0.25) is 4.79 Å². The Morgan fingerprint density at radius 3 is 2.72 bits per heavy atom. The van der Waals surface area contributed by atoms with E-state index >= 15 is 0 Å². The Labute approximate surface area is 150 Å². The predicted molar refractivity (Wildman–Crippen MR) is 96.6 cm³/mol. The van der Waals surface area contributed by atoms with Crippen LogP contribution in [0.5, 0.6) is 0 Å². The van der Waals surface area contributed by atoms with Crippen molar-refractivity contribution in [2.45, 2.75) is 13.3 Å². The van der Waals surface area contributed by atoms with E-state index in [1.807, 2.05) is 6.92 Å². The molecule has 3 aromatic rings. The molecule has 0 aliphatic carbocycles. The quantitative estimate of drug-likeness (QED) is 0.732. The molecule has 1 amide bonds. The third kappa shape index (κ3) is 3.72. The van der Waals surface area contributed by atoms with Crippen LogP contribution in [-0.4, -0.2) is 22.2 Å². The minimum absolute atomic E-state index is 0.267. The van der Waals surface area contributed by atoms with E-state index in [4.69, 9.17) is 11.6 Å². The standard InChI is InChI=1S/C19H17ClFN3O/c1-2-10-22-19(25)18-12-17(15-8-3-4-9-16(15)21)23-24(18)14-7-5-6-13(20)11-14/h3-9,11-12H,2,10H2,1H3,(H,22,25). The Morgan fingerprint density at radius 2 is 2.00 bits per heavy atom. The molecule has 6 heteroatoms. The zero-order valence-corrected chi connectivity index (χ0v) is 14.4. The Hall–Kier alpha value is -2.66. The molecule has 0 aliphatic heterocycles. The molecule has 1 N–H and O–H groups in total. The first-order valence-corrected chi connectivity index (χ1v) is 8.37. The van der Waals surface area contributed by atoms with Crippen LogP contribution in [0, 0.1) is 5.82 Å². The smallest absolute Gasteiger partial charge is 0.270 e. The van der Waals surface area contributed by atoms with Gasteiger partial charge in [-0.2, -0.15) is 5.10 Å². The van der Waals surface area contributed by atoms with Gasteiger partial charge in [0.05, 0.1) is 11.4 Å². The zero-order valence-electron chi connectivity index (χ0n) is 13.7. The molecular formula is C19H17ClFN3O. The molecule has 128 valence electrons. The van der Waals surface area contributed by atoms with Gasteiger partial charge in [0.2, 0.25) is 0 Å². The molecule has 3 rings (SSSR count). The highest BCUT2D eigenvalue weighted by Gasteiger charge is 2.18. The molecule has 1 aromatic heterocycles. The monoisotopic (exact) mass is 357 g/mol. The van der Waals surface area contributed by atoms with Gasteiger partial charge in [-0.05, 0) is 42.8 Å². The van der Waals surface area contributed by atoms with E-state index in [2.05, 4.69) is 10.4 Å². The number of rotatable bonds is 5. The van der Waals surface area contributed by atoms with Crippen LogP contribution in [0.15, 0.2) is 54.6 Å². The van der Waals surface area contributed by atoms with Gasteiger partial charge in [0.1, 0.15) is 11.5 Å². The van der Waals surface area contributed by atoms with E-state index in [0.717, 1.165) is 6.42 Å². The molecule has 0 radical (unpaired) electrons. The second-order valence-electron chi connectivity index (χ2n) is 5.54. The summed E-state index contributed by atoms with van der Waals surface area (Å²) >= 11 is 6.06. The summed E-state index contributed by atoms with van der Waals surface area (Å²) in [4.78, 5) is 12.5. The number of aromatic nitrogens is 2. The van der Waals surface area contributed by atoms with Crippen LogP contribution >= 0.6 is 11.6 Å². The second kappa shape index (κ2) is 7.49. The van der Waals surface area contributed by atoms with Crippen molar-refractivity contribution < 1.29 is 9.18 Å². The van der Waals surface area contributed by atoms with Crippen molar-refractivity contribution in [1.82, 2.24) is 15.1 Å². The minimum atomic E-state index is -0.390. The molecular weight excluding hydrogens is 341 g/mol. The average Bonchev–Trinajstić information content (AvgIpc) is 3.05. The van der Waals surface area contributed by atoms with E-state index in [1.165, 1.54) is 10.7 Å². The fraction of sp³-hybridized carbons (Fsp3) is 0.158. The molecule has 0 spiro atoms. The summed E-state index contributed by atoms with van der Waals surface area (Å²) < 4.78 is 15.6. The normalized spacial score (nSPS) is 10.7. The van der Waals surface area contributed by atoms with Crippen LogP contribution in [0.3, 0.4) is 0 Å². The Bertz CT molecular complexity index is 907. The number of halogens is 2. The van der Waals surface area contributed by atoms with E-state index < -0.39 is 5.82 Å². The summed E-state index contributed by atoms with van der Waals surface area (Å²) in [6.45, 7) is 2.52. The van der Waals surface area contributed by atoms with E-state index in [-0.39, 0.29) is 5.91 Å². The van der Waals surface area contributed by atoms with Crippen LogP contribution in [0.4, 0.5) is 4.39 Å². The van der Waals surface area contributed by atoms with Crippen molar-refractivity contribution in [2.75, 3.05) is 6.54 Å². The van der Waals surface area contributed by atoms with Gasteiger partial charge in [-0.25, -0.2) is 9.07 Å². The molecule has 0 saturated carbocycles. The van der Waals surface area contributed by atoms with Gasteiger partial charge in [0.15, 0.2) is 0 Å². The summed E-state index contributed by atoms with van der Waals surface area (Å²) in [7, 11) is 0. The van der Waals surface area contributed by atoms with Crippen LogP contribution < -0.4 is 5.32 Å². The van der Waals surface area contributed by atoms with Crippen molar-refractivity contribution in [1.29, 1.82) is 0 Å². The van der Waals surface area contributed by atoms with Crippen LogP contribution in [0.2, 0.25) is 5.02 Å². The molecule has 25 heavy (non-hydrogen) atoms. The van der Waals surface area contributed by atoms with Gasteiger partial charge in [0, 0.05) is 17.1 Å². The Morgan fingerprint density at radius 1 is 1.20 bits per heavy atom. The van der Waals surface area contributed by atoms with Crippen molar-refractivity contribution in [3.8, 4) is 16.9 Å². The topological polar surface area (TPSA) is 46.9 Å². The number of carbonyl (C=O) groups is 1. The number of benzene rings is 2. The van der Waals surface area contributed by atoms with E-state index in [9.17, 15) is 9.18 Å². The number of hydrogen-bond donors (Lipinski definition) is 1. The summed E-state index contributed by atoms with van der Waals surface area (Å²) in [5.74, 6) is -0.657. The first-order chi connectivity index (χ1) is 12.1. The molecule has 0 fully saturated rings. The summed E-state index contributed by atoms with van der Waals surface area (Å²) in [5, 5.41) is 7.79. The molecule has 2 aromatic carbocycles. The van der Waals surface area contributed by atoms with Crippen molar-refractivity contribution in [2.24, 2.45) is 0 Å². The fourth-order valence-corrected chi connectivity index (χ4v) is 2.66. The van der Waals surface area contributed by atoms with Gasteiger partial charge in [-0.15, -0.1) is 0 Å². The summed E-state index contributed by atoms with van der Waals surface area (Å²) in [6, 6.07) is 14.9. The van der Waals surface area contributed by atoms with Crippen molar-refractivity contribution in [3.05, 3.63) is 71.1 Å². The lowest BCUT2D eigenvalue weighted by atomic mass is 10.1. The highest BCUT2D eigenvalue weighted by atomic mass is 35.5. The highest BCUT2D eigenvalue weighted by Crippen LogP contribution is 2.25. The molecule has 0 unspecified atom stereocenters. The lowest BCUT2D eigenvalue weighted by Crippen LogP contribution is -2.26. The van der Waals surface area contributed by atoms with Crippen LogP contribution in [0.1, 0.15) is 23.8 Å². The summed E-state index contributed by atoms with van der Waals surface area (Å²) in [5.41, 5.74) is 1.69. The SMILES string of the molecule is CCCNC(=O)c1cc(-c2ccccc2F)nn1-c1cccc(Cl)c1. The number of amides is 1. The minimum Gasteiger partial charge on any atom is -0.351 e. The van der Waals surface area contributed by atoms with Gasteiger partial charge in [0.25, 0.3) is 5.91 Å². The predicted octanol–water partition coefficient (Wildman–Crippen LogP) is 4.47. The first-order valence-electron chi connectivity index (χ1n) is 7.99. The van der Waals surface area contributed by atoms with Crippen molar-refractivity contribution >= 4 is 17.5 Å². The largest absolute Gasteiger partial charge is 0.351 e. The number of nitrogens with zero attached hydrogens (tertiary/aromatic N) is 2. The molecule has 0 atom stereocenters. The van der Waals surface area contributed by atoms with Crippen LogP contribution in [-0.2, 0) is 0 Å². The van der Waals surface area contributed by atoms with Gasteiger partial charge >= 0.3 is 0 Å². The maximum Gasteiger partial charge on any atom is 0.270 e. The molecule has 0 bridgehead atoms. The number of nitrogens with one attached hydrogen (secondary N) is 1. The summed E-state index contributed by atoms with van der Waals surface area (Å²) in [6.07, 6.45) is 0.817. The zero-order chi connectivity index (χ0) is 17.8. The fourth-order valence-electron chi connectivity index (χ4n) is 2.48. The third-order valence-electron chi connectivity index (χ3n) is 3.68. The lowest BCUT2D eigenvalue weighted by molar-refractivity contribution is 0.0946. The number of carbonyl (C=O) groups excluding carboxylic acids is 1. The lowest BCUT2D eigenvalue weighted by Gasteiger charge is -2.08. The molecule has 0 saturated heterocycles. The third-order valence-corrected chi connectivity index (χ3v) is 3.92. The molecule has 4 nitrogen and oxygen atoms in total. The molecule has 0 aliphatic rings. The highest BCUT2D eigenvalue weighted by molar-refractivity contribution is 6.30. The van der Waals surface area contributed by atoms with E-state index in [1.54, 1.807) is 48.5 Å². The van der Waals surface area contributed by atoms with Crippen LogP contribution in [0.25, 0.3) is 16.9 Å². The van der Waals surface area contributed by atoms with Crippen molar-refractivity contribution in [3.63, 3.8) is 0 Å². The Kier molecular flexibility index (Phi) is 5.14. The maximum atomic E-state index is 14.1. The average molecular weight is 358 g/mol. The Balaban J connectivity index is 2.11. The molecule has 1 heterocycles.